The van der Waals surface area contributed by atoms with Gasteiger partial charge in [-0.2, -0.15) is 0 Å². The summed E-state index contributed by atoms with van der Waals surface area (Å²) in [6, 6.07) is 0. The fourth-order valence-electron chi connectivity index (χ4n) is 2.41. The average Bonchev–Trinajstić information content (AvgIpc) is 2.82. The third-order valence-corrected chi connectivity index (χ3v) is 3.32. The van der Waals surface area contributed by atoms with Crippen LogP contribution in [0, 0.1) is 10.1 Å². The molecule has 0 aliphatic carbocycles. The fourth-order valence-corrected chi connectivity index (χ4v) is 2.41. The van der Waals surface area contributed by atoms with Crippen molar-refractivity contribution >= 4 is 0 Å². The van der Waals surface area contributed by atoms with E-state index in [0.29, 0.717) is 0 Å². The molecular weight excluding hydrogens is 262 g/mol. The van der Waals surface area contributed by atoms with Crippen LogP contribution in [0.1, 0.15) is 6.92 Å². The summed E-state index contributed by atoms with van der Waals surface area (Å²) in [4.78, 5) is 14.7. The molecule has 2 saturated heterocycles. The highest BCUT2D eigenvalue weighted by Gasteiger charge is 2.66. The highest BCUT2D eigenvalue weighted by atomic mass is 17.0. The van der Waals surface area contributed by atoms with E-state index in [9.17, 15) is 25.4 Å². The van der Waals surface area contributed by atoms with E-state index in [1.807, 2.05) is 0 Å². The molecule has 0 aromatic heterocycles. The third kappa shape index (κ3) is 2.09. The smallest absolute Gasteiger partial charge is 0.297 e. The normalized spacial score (nSPS) is 41.2. The van der Waals surface area contributed by atoms with Crippen molar-refractivity contribution in [3.05, 3.63) is 22.3 Å². The van der Waals surface area contributed by atoms with E-state index < -0.39 is 41.4 Å². The van der Waals surface area contributed by atoms with Crippen LogP contribution in [0.5, 0.6) is 0 Å². The zero-order chi connectivity index (χ0) is 14.3. The second-order valence-corrected chi connectivity index (χ2v) is 4.53. The summed E-state index contributed by atoms with van der Waals surface area (Å²) in [5, 5.41) is 39.6. The van der Waals surface area contributed by atoms with Gasteiger partial charge in [0.25, 0.3) is 10.9 Å². The summed E-state index contributed by atoms with van der Waals surface area (Å²) < 4.78 is 10.3. The van der Waals surface area contributed by atoms with Crippen LogP contribution in [0.3, 0.4) is 0 Å². The van der Waals surface area contributed by atoms with Gasteiger partial charge in [-0.3, -0.25) is 4.84 Å². The van der Waals surface area contributed by atoms with Crippen molar-refractivity contribution in [3.8, 4) is 0 Å². The molecule has 0 amide bonds. The lowest BCUT2D eigenvalue weighted by molar-refractivity contribution is -0.797. The molecular formula is C10H15NO8. The SMILES string of the molecule is CC=CC(O)(O[N+](=O)[O-])[C@]1(O)CO[C@@H]2[C@@H](O)CO[C@@H]21. The Labute approximate surface area is 108 Å². The lowest BCUT2D eigenvalue weighted by Gasteiger charge is -2.38. The van der Waals surface area contributed by atoms with Crippen molar-refractivity contribution in [3.63, 3.8) is 0 Å². The van der Waals surface area contributed by atoms with E-state index in [2.05, 4.69) is 4.84 Å². The molecule has 5 atom stereocenters. The molecule has 0 bridgehead atoms. The van der Waals surface area contributed by atoms with Gasteiger partial charge >= 0.3 is 0 Å². The number of hydrogen-bond donors (Lipinski definition) is 3. The van der Waals surface area contributed by atoms with Crippen LogP contribution >= 0.6 is 0 Å². The molecule has 0 spiro atoms. The van der Waals surface area contributed by atoms with Gasteiger partial charge in [-0.1, -0.05) is 6.08 Å². The second kappa shape index (κ2) is 4.69. The van der Waals surface area contributed by atoms with Gasteiger partial charge in [0.05, 0.1) is 13.2 Å². The summed E-state index contributed by atoms with van der Waals surface area (Å²) in [6.45, 7) is 0.936. The molecule has 0 radical (unpaired) electrons. The quantitative estimate of drug-likeness (QED) is 0.241. The summed E-state index contributed by atoms with van der Waals surface area (Å²) in [5.74, 6) is -2.62. The summed E-state index contributed by atoms with van der Waals surface area (Å²) in [6.07, 6.45) is -0.722. The lowest BCUT2D eigenvalue weighted by Crippen LogP contribution is -2.63. The standard InChI is InChI=1S/C10H15NO8/c1-2-3-10(14,19-11(15)16)9(13)5-18-7-6(12)4-17-8(7)9/h2-3,6-8,12-14H,4-5H2,1H3/t6-,7+,8-,9-,10?/m0/s1. The Morgan fingerprint density at radius 1 is 1.58 bits per heavy atom. The summed E-state index contributed by atoms with van der Waals surface area (Å²) in [7, 11) is 0. The van der Waals surface area contributed by atoms with Gasteiger partial charge in [0.1, 0.15) is 18.3 Å². The minimum atomic E-state index is -2.62. The largest absolute Gasteiger partial charge is 0.388 e. The molecule has 108 valence electrons. The van der Waals surface area contributed by atoms with Crippen molar-refractivity contribution in [2.45, 2.75) is 36.6 Å². The molecule has 2 aliphatic rings. The van der Waals surface area contributed by atoms with E-state index in [1.165, 1.54) is 13.0 Å². The van der Waals surface area contributed by atoms with E-state index in [4.69, 9.17) is 9.47 Å². The van der Waals surface area contributed by atoms with E-state index >= 15 is 0 Å². The van der Waals surface area contributed by atoms with Gasteiger partial charge in [0.15, 0.2) is 5.60 Å². The van der Waals surface area contributed by atoms with Crippen molar-refractivity contribution < 1.29 is 34.7 Å². The number of aliphatic hydroxyl groups excluding tert-OH is 1. The van der Waals surface area contributed by atoms with Gasteiger partial charge in [0, 0.05) is 0 Å². The first-order valence-corrected chi connectivity index (χ1v) is 5.67. The van der Waals surface area contributed by atoms with Crippen LogP contribution in [0.15, 0.2) is 12.2 Å². The number of nitrogens with zero attached hydrogens (tertiary/aromatic N) is 1. The number of ether oxygens (including phenoxy) is 2. The highest BCUT2D eigenvalue weighted by Crippen LogP contribution is 2.41. The van der Waals surface area contributed by atoms with Gasteiger partial charge in [-0.05, 0) is 13.0 Å². The highest BCUT2D eigenvalue weighted by molar-refractivity contribution is 5.16. The molecule has 2 aliphatic heterocycles. The number of aliphatic hydroxyl groups is 3. The zero-order valence-corrected chi connectivity index (χ0v) is 10.1. The third-order valence-electron chi connectivity index (χ3n) is 3.32. The predicted octanol–water partition coefficient (Wildman–Crippen LogP) is -1.65. The number of rotatable bonds is 4. The van der Waals surface area contributed by atoms with Crippen LogP contribution in [0.2, 0.25) is 0 Å². The minimum absolute atomic E-state index is 0.0952. The van der Waals surface area contributed by atoms with Crippen molar-refractivity contribution in [2.75, 3.05) is 13.2 Å². The lowest BCUT2D eigenvalue weighted by atomic mass is 9.86. The number of allylic oxidation sites excluding steroid dienone is 1. The molecule has 1 unspecified atom stereocenters. The van der Waals surface area contributed by atoms with Crippen LogP contribution in [-0.4, -0.2) is 63.3 Å². The number of hydrogen-bond acceptors (Lipinski definition) is 8. The van der Waals surface area contributed by atoms with Crippen LogP contribution < -0.4 is 0 Å². The maximum Gasteiger partial charge on any atom is 0.297 e. The molecule has 0 aromatic carbocycles. The monoisotopic (exact) mass is 277 g/mol. The van der Waals surface area contributed by atoms with Crippen LogP contribution in [-0.2, 0) is 14.3 Å². The molecule has 3 N–H and O–H groups in total. The summed E-state index contributed by atoms with van der Waals surface area (Å²) >= 11 is 0. The van der Waals surface area contributed by atoms with E-state index in [-0.39, 0.29) is 6.61 Å². The molecule has 2 rings (SSSR count). The zero-order valence-electron chi connectivity index (χ0n) is 10.1. The Morgan fingerprint density at radius 2 is 2.26 bits per heavy atom. The van der Waals surface area contributed by atoms with Crippen LogP contribution in [0.25, 0.3) is 0 Å². The first-order valence-electron chi connectivity index (χ1n) is 5.67. The molecule has 0 aromatic rings. The molecule has 9 heteroatoms. The van der Waals surface area contributed by atoms with Crippen LogP contribution in [0.4, 0.5) is 0 Å². The van der Waals surface area contributed by atoms with Crippen molar-refractivity contribution in [1.82, 2.24) is 0 Å². The van der Waals surface area contributed by atoms with Crippen molar-refractivity contribution in [1.29, 1.82) is 0 Å². The Balaban J connectivity index is 2.33. The molecule has 9 nitrogen and oxygen atoms in total. The molecule has 2 heterocycles. The molecule has 0 saturated carbocycles. The number of fused-ring (bicyclic) bond motifs is 1. The van der Waals surface area contributed by atoms with Gasteiger partial charge < -0.3 is 24.8 Å². The second-order valence-electron chi connectivity index (χ2n) is 4.53. The first-order chi connectivity index (χ1) is 8.84. The van der Waals surface area contributed by atoms with Crippen molar-refractivity contribution in [2.24, 2.45) is 0 Å². The van der Waals surface area contributed by atoms with E-state index in [0.717, 1.165) is 6.08 Å². The summed E-state index contributed by atoms with van der Waals surface area (Å²) in [5.41, 5.74) is -2.19. The van der Waals surface area contributed by atoms with Gasteiger partial charge in [-0.15, -0.1) is 10.1 Å². The average molecular weight is 277 g/mol. The first kappa shape index (κ1) is 14.2. The fraction of sp³-hybridized carbons (Fsp3) is 0.800. The Kier molecular flexibility index (Phi) is 3.49. The Morgan fingerprint density at radius 3 is 2.84 bits per heavy atom. The Hall–Kier alpha value is -1.26. The maximum absolute atomic E-state index is 10.5. The topological polar surface area (TPSA) is 132 Å². The molecule has 2 fully saturated rings. The Bertz CT molecular complexity index is 401. The maximum atomic E-state index is 10.5. The van der Waals surface area contributed by atoms with Gasteiger partial charge in [-0.25, -0.2) is 0 Å². The van der Waals surface area contributed by atoms with E-state index in [1.54, 1.807) is 0 Å². The molecule has 19 heavy (non-hydrogen) atoms. The minimum Gasteiger partial charge on any atom is -0.388 e. The predicted molar refractivity (Wildman–Crippen MR) is 58.3 cm³/mol. The van der Waals surface area contributed by atoms with Gasteiger partial charge in [0.2, 0.25) is 0 Å².